The summed E-state index contributed by atoms with van der Waals surface area (Å²) >= 11 is 7.03. The number of hydrogen-bond donors (Lipinski definition) is 1. The molecule has 11 heteroatoms. The number of aromatic nitrogens is 3. The van der Waals surface area contributed by atoms with Gasteiger partial charge in [0.25, 0.3) is 11.1 Å². The lowest BCUT2D eigenvalue weighted by molar-refractivity contribution is -0.112. The second-order valence-corrected chi connectivity index (χ2v) is 9.46. The van der Waals surface area contributed by atoms with Gasteiger partial charge in [-0.1, -0.05) is 23.7 Å². The largest absolute Gasteiger partial charge is 0.316 e. The van der Waals surface area contributed by atoms with E-state index in [9.17, 15) is 18.5 Å². The number of carbonyl (C=O) groups excluding carboxylic acids is 1. The SMILES string of the molecule is Cc1cc(/C=C(/C#N)C(=O)Nc2nc(S(C)(=O)=O)ns2)c(C)n1-c1ccccc1Cl. The topological polar surface area (TPSA) is 118 Å². The summed E-state index contributed by atoms with van der Waals surface area (Å²) in [6.07, 6.45) is 2.43. The molecule has 0 saturated heterocycles. The van der Waals surface area contributed by atoms with Crippen LogP contribution in [0.15, 0.2) is 41.1 Å². The van der Waals surface area contributed by atoms with Crippen LogP contribution in [0.5, 0.6) is 0 Å². The second-order valence-electron chi connectivity index (χ2n) is 6.39. The molecule has 0 aliphatic heterocycles. The summed E-state index contributed by atoms with van der Waals surface area (Å²) in [6, 6.07) is 11.1. The Bertz CT molecular complexity index is 1320. The Morgan fingerprint density at radius 2 is 2.03 bits per heavy atom. The quantitative estimate of drug-likeness (QED) is 0.458. The molecule has 2 aromatic heterocycles. The standard InChI is InChI=1S/C19H16ClN5O3S2/c1-11-8-13(12(2)25(11)16-7-5-4-6-15(16)20)9-14(10-21)17(26)22-18-23-19(24-29-18)30(3,27)28/h4-9H,1-3H3,(H,22,23,24,26)/b14-9-. The number of benzene rings is 1. The molecule has 1 aromatic carbocycles. The number of nitrogens with one attached hydrogen (secondary N) is 1. The fourth-order valence-corrected chi connectivity index (χ4v) is 4.48. The van der Waals surface area contributed by atoms with Crippen molar-refractivity contribution in [3.63, 3.8) is 0 Å². The molecule has 8 nitrogen and oxygen atoms in total. The molecule has 0 fully saturated rings. The normalized spacial score (nSPS) is 11.9. The molecule has 0 saturated carbocycles. The highest BCUT2D eigenvalue weighted by molar-refractivity contribution is 7.90. The molecule has 0 spiro atoms. The van der Waals surface area contributed by atoms with Crippen molar-refractivity contribution in [2.24, 2.45) is 0 Å². The first-order valence-corrected chi connectivity index (χ1v) is 11.6. The minimum atomic E-state index is -3.59. The Morgan fingerprint density at radius 3 is 2.63 bits per heavy atom. The van der Waals surface area contributed by atoms with Gasteiger partial charge < -0.3 is 4.57 Å². The van der Waals surface area contributed by atoms with Gasteiger partial charge in [0.2, 0.25) is 15.0 Å². The van der Waals surface area contributed by atoms with Crippen LogP contribution in [0.25, 0.3) is 11.8 Å². The van der Waals surface area contributed by atoms with Crippen molar-refractivity contribution < 1.29 is 13.2 Å². The summed E-state index contributed by atoms with van der Waals surface area (Å²) in [6.45, 7) is 3.76. The fraction of sp³-hybridized carbons (Fsp3) is 0.158. The van der Waals surface area contributed by atoms with Gasteiger partial charge in [0.1, 0.15) is 11.6 Å². The summed E-state index contributed by atoms with van der Waals surface area (Å²) in [4.78, 5) is 16.3. The van der Waals surface area contributed by atoms with Crippen LogP contribution in [0.2, 0.25) is 5.02 Å². The van der Waals surface area contributed by atoms with Crippen molar-refractivity contribution in [1.82, 2.24) is 13.9 Å². The van der Waals surface area contributed by atoms with Crippen LogP contribution >= 0.6 is 23.1 Å². The first-order valence-electron chi connectivity index (χ1n) is 8.52. The zero-order chi connectivity index (χ0) is 22.1. The predicted molar refractivity (Wildman–Crippen MR) is 115 cm³/mol. The Balaban J connectivity index is 1.92. The molecular weight excluding hydrogens is 446 g/mol. The molecule has 1 N–H and O–H groups in total. The first kappa shape index (κ1) is 21.7. The molecule has 0 unspecified atom stereocenters. The number of nitrogens with zero attached hydrogens (tertiary/aromatic N) is 4. The van der Waals surface area contributed by atoms with E-state index in [2.05, 4.69) is 14.7 Å². The number of sulfone groups is 1. The highest BCUT2D eigenvalue weighted by Gasteiger charge is 2.18. The average molecular weight is 462 g/mol. The predicted octanol–water partition coefficient (Wildman–Crippen LogP) is 3.55. The molecule has 3 aromatic rings. The summed E-state index contributed by atoms with van der Waals surface area (Å²) in [5, 5.41) is 12.1. The van der Waals surface area contributed by atoms with Gasteiger partial charge in [0, 0.05) is 29.2 Å². The third kappa shape index (κ3) is 4.43. The maximum absolute atomic E-state index is 12.5. The van der Waals surface area contributed by atoms with Gasteiger partial charge in [0.05, 0.1) is 10.7 Å². The highest BCUT2D eigenvalue weighted by atomic mass is 35.5. The lowest BCUT2D eigenvalue weighted by Gasteiger charge is -2.11. The molecule has 0 radical (unpaired) electrons. The maximum atomic E-state index is 12.5. The molecule has 3 rings (SSSR count). The minimum Gasteiger partial charge on any atom is -0.316 e. The summed E-state index contributed by atoms with van der Waals surface area (Å²) in [7, 11) is -3.59. The molecule has 0 aliphatic rings. The first-order chi connectivity index (χ1) is 14.1. The van der Waals surface area contributed by atoms with Crippen LogP contribution in [-0.4, -0.2) is 34.5 Å². The third-order valence-corrected chi connectivity index (χ3v) is 6.10. The molecule has 0 atom stereocenters. The number of carbonyl (C=O) groups is 1. The maximum Gasteiger partial charge on any atom is 0.268 e. The lowest BCUT2D eigenvalue weighted by atomic mass is 10.1. The van der Waals surface area contributed by atoms with Crippen LogP contribution in [-0.2, 0) is 14.6 Å². The number of aryl methyl sites for hydroxylation is 1. The zero-order valence-electron chi connectivity index (χ0n) is 16.2. The van der Waals surface area contributed by atoms with Crippen molar-refractivity contribution in [1.29, 1.82) is 5.26 Å². The van der Waals surface area contributed by atoms with Gasteiger partial charge >= 0.3 is 0 Å². The molecule has 2 heterocycles. The number of anilines is 1. The summed E-state index contributed by atoms with van der Waals surface area (Å²) < 4.78 is 28.6. The number of nitriles is 1. The van der Waals surface area contributed by atoms with Gasteiger partial charge in [-0.15, -0.1) is 0 Å². The van der Waals surface area contributed by atoms with Crippen molar-refractivity contribution in [3.05, 3.63) is 57.9 Å². The minimum absolute atomic E-state index is 0.0110. The number of hydrogen-bond acceptors (Lipinski definition) is 7. The van der Waals surface area contributed by atoms with E-state index < -0.39 is 15.7 Å². The Hall–Kier alpha value is -3.00. The average Bonchev–Trinajstić information content (AvgIpc) is 3.25. The molecule has 0 bridgehead atoms. The van der Waals surface area contributed by atoms with Crippen LogP contribution in [0, 0.1) is 25.2 Å². The number of amides is 1. The summed E-state index contributed by atoms with van der Waals surface area (Å²) in [5.74, 6) is -0.712. The molecular formula is C19H16ClN5O3S2. The Morgan fingerprint density at radius 1 is 1.33 bits per heavy atom. The lowest BCUT2D eigenvalue weighted by Crippen LogP contribution is -2.13. The van der Waals surface area contributed by atoms with Crippen molar-refractivity contribution >= 4 is 50.1 Å². The van der Waals surface area contributed by atoms with E-state index in [1.54, 1.807) is 6.07 Å². The van der Waals surface area contributed by atoms with Crippen molar-refractivity contribution in [3.8, 4) is 11.8 Å². The van der Waals surface area contributed by atoms with E-state index in [1.807, 2.05) is 48.7 Å². The molecule has 154 valence electrons. The van der Waals surface area contributed by atoms with Crippen molar-refractivity contribution in [2.45, 2.75) is 19.0 Å². The van der Waals surface area contributed by atoms with Gasteiger partial charge in [-0.3, -0.25) is 10.1 Å². The van der Waals surface area contributed by atoms with Gasteiger partial charge in [-0.25, -0.2) is 8.42 Å². The Kier molecular flexibility index (Phi) is 6.07. The van der Waals surface area contributed by atoms with Crippen LogP contribution in [0.1, 0.15) is 17.0 Å². The molecule has 1 amide bonds. The van der Waals surface area contributed by atoms with E-state index >= 15 is 0 Å². The fourth-order valence-electron chi connectivity index (χ4n) is 2.82. The highest BCUT2D eigenvalue weighted by Crippen LogP contribution is 2.27. The number of halogens is 1. The van der Waals surface area contributed by atoms with Crippen LogP contribution in [0.3, 0.4) is 0 Å². The Labute approximate surface area is 182 Å². The van der Waals surface area contributed by atoms with Gasteiger partial charge in [-0.05, 0) is 43.7 Å². The smallest absolute Gasteiger partial charge is 0.268 e. The second kappa shape index (κ2) is 8.39. The van der Waals surface area contributed by atoms with Gasteiger partial charge in [0.15, 0.2) is 0 Å². The monoisotopic (exact) mass is 461 g/mol. The zero-order valence-corrected chi connectivity index (χ0v) is 18.6. The van der Waals surface area contributed by atoms with E-state index in [1.165, 1.54) is 6.08 Å². The van der Waals surface area contributed by atoms with E-state index in [0.717, 1.165) is 34.9 Å². The van der Waals surface area contributed by atoms with E-state index in [0.29, 0.717) is 10.6 Å². The number of para-hydroxylation sites is 1. The summed E-state index contributed by atoms with van der Waals surface area (Å²) in [5.41, 5.74) is 2.99. The van der Waals surface area contributed by atoms with E-state index in [-0.39, 0.29) is 15.9 Å². The van der Waals surface area contributed by atoms with Crippen LogP contribution < -0.4 is 5.32 Å². The van der Waals surface area contributed by atoms with E-state index in [4.69, 9.17) is 11.6 Å². The van der Waals surface area contributed by atoms with Gasteiger partial charge in [-0.2, -0.15) is 14.6 Å². The molecule has 0 aliphatic carbocycles. The van der Waals surface area contributed by atoms with Crippen molar-refractivity contribution in [2.75, 3.05) is 11.6 Å². The van der Waals surface area contributed by atoms with Crippen LogP contribution in [0.4, 0.5) is 5.13 Å². The molecule has 30 heavy (non-hydrogen) atoms. The third-order valence-electron chi connectivity index (χ3n) is 4.19. The number of rotatable bonds is 5.